The van der Waals surface area contributed by atoms with E-state index in [2.05, 4.69) is 4.98 Å². The number of halogens is 1. The molecular formula is C11H8ClN3O2S. The standard InChI is InChI=1S/C11H8ClN3O2S/c12-10-2-1-3-14-11(10)18-9-5-7(13)4-8(6-9)15(16)17/h1-6H,13H2. The third kappa shape index (κ3) is 2.91. The van der Waals surface area contributed by atoms with E-state index >= 15 is 0 Å². The van der Waals surface area contributed by atoms with Crippen molar-refractivity contribution >= 4 is 34.7 Å². The number of benzene rings is 1. The maximum atomic E-state index is 10.7. The lowest BCUT2D eigenvalue weighted by atomic mass is 10.3. The van der Waals surface area contributed by atoms with Gasteiger partial charge in [0, 0.05) is 28.9 Å². The van der Waals surface area contributed by atoms with Crippen LogP contribution in [0, 0.1) is 10.1 Å². The van der Waals surface area contributed by atoms with Crippen LogP contribution in [-0.4, -0.2) is 9.91 Å². The third-order valence-corrected chi connectivity index (χ3v) is 3.47. The Balaban J connectivity index is 2.35. The van der Waals surface area contributed by atoms with Crippen LogP contribution in [0.3, 0.4) is 0 Å². The van der Waals surface area contributed by atoms with Crippen molar-refractivity contribution in [2.75, 3.05) is 5.73 Å². The molecule has 2 rings (SSSR count). The number of hydrogen-bond acceptors (Lipinski definition) is 5. The summed E-state index contributed by atoms with van der Waals surface area (Å²) in [5.74, 6) is 0. The first-order valence-corrected chi connectivity index (χ1v) is 6.09. The Morgan fingerprint density at radius 2 is 2.17 bits per heavy atom. The summed E-state index contributed by atoms with van der Waals surface area (Å²) in [5, 5.41) is 11.8. The highest BCUT2D eigenvalue weighted by Crippen LogP contribution is 2.34. The zero-order valence-electron chi connectivity index (χ0n) is 9.04. The lowest BCUT2D eigenvalue weighted by Crippen LogP contribution is -1.92. The van der Waals surface area contributed by atoms with Crippen molar-refractivity contribution in [2.45, 2.75) is 9.92 Å². The van der Waals surface area contributed by atoms with Gasteiger partial charge in [-0.05, 0) is 18.2 Å². The van der Waals surface area contributed by atoms with Crippen LogP contribution < -0.4 is 5.73 Å². The minimum atomic E-state index is -0.486. The molecule has 5 nitrogen and oxygen atoms in total. The zero-order valence-corrected chi connectivity index (χ0v) is 10.6. The van der Waals surface area contributed by atoms with Crippen molar-refractivity contribution in [1.29, 1.82) is 0 Å². The van der Waals surface area contributed by atoms with Crippen molar-refractivity contribution in [3.05, 3.63) is 51.7 Å². The fourth-order valence-electron chi connectivity index (χ4n) is 1.33. The molecule has 1 aromatic carbocycles. The van der Waals surface area contributed by atoms with Crippen LogP contribution in [0.2, 0.25) is 5.02 Å². The lowest BCUT2D eigenvalue weighted by Gasteiger charge is -2.04. The van der Waals surface area contributed by atoms with E-state index < -0.39 is 4.92 Å². The molecule has 1 aromatic heterocycles. The van der Waals surface area contributed by atoms with E-state index in [-0.39, 0.29) is 5.69 Å². The first-order valence-electron chi connectivity index (χ1n) is 4.89. The Morgan fingerprint density at radius 1 is 1.39 bits per heavy atom. The first-order chi connectivity index (χ1) is 8.56. The van der Waals surface area contributed by atoms with Gasteiger partial charge in [0.1, 0.15) is 5.03 Å². The number of nitrogens with two attached hydrogens (primary N) is 1. The molecule has 0 atom stereocenters. The van der Waals surface area contributed by atoms with Crippen molar-refractivity contribution in [1.82, 2.24) is 4.98 Å². The molecule has 0 bridgehead atoms. The van der Waals surface area contributed by atoms with Crippen molar-refractivity contribution in [3.63, 3.8) is 0 Å². The second-order valence-corrected chi connectivity index (χ2v) is 4.88. The summed E-state index contributed by atoms with van der Waals surface area (Å²) < 4.78 is 0. The smallest absolute Gasteiger partial charge is 0.272 e. The first kappa shape index (κ1) is 12.7. The molecule has 0 aliphatic rings. The molecule has 7 heteroatoms. The number of hydrogen-bond donors (Lipinski definition) is 1. The molecule has 0 aliphatic heterocycles. The predicted molar refractivity (Wildman–Crippen MR) is 70.9 cm³/mol. The fourth-order valence-corrected chi connectivity index (χ4v) is 2.44. The molecule has 1 heterocycles. The summed E-state index contributed by atoms with van der Waals surface area (Å²) in [6.45, 7) is 0. The average Bonchev–Trinajstić information content (AvgIpc) is 2.31. The number of nitrogens with zero attached hydrogens (tertiary/aromatic N) is 2. The quantitative estimate of drug-likeness (QED) is 0.530. The fraction of sp³-hybridized carbons (Fsp3) is 0. The van der Waals surface area contributed by atoms with E-state index in [1.807, 2.05) is 0 Å². The number of nitro groups is 1. The van der Waals surface area contributed by atoms with Gasteiger partial charge in [0.2, 0.25) is 0 Å². The van der Waals surface area contributed by atoms with Crippen LogP contribution in [0.25, 0.3) is 0 Å². The molecule has 0 radical (unpaired) electrons. The van der Waals surface area contributed by atoms with Gasteiger partial charge < -0.3 is 5.73 Å². The van der Waals surface area contributed by atoms with Crippen molar-refractivity contribution in [3.8, 4) is 0 Å². The van der Waals surface area contributed by atoms with Crippen LogP contribution in [0.1, 0.15) is 0 Å². The number of non-ortho nitro benzene ring substituents is 1. The molecule has 2 N–H and O–H groups in total. The number of anilines is 1. The van der Waals surface area contributed by atoms with E-state index in [9.17, 15) is 10.1 Å². The summed E-state index contributed by atoms with van der Waals surface area (Å²) in [6.07, 6.45) is 1.61. The Hall–Kier alpha value is -1.79. The maximum absolute atomic E-state index is 10.7. The molecule has 0 spiro atoms. The number of aromatic nitrogens is 1. The van der Waals surface area contributed by atoms with E-state index in [0.717, 1.165) is 0 Å². The minimum Gasteiger partial charge on any atom is -0.398 e. The summed E-state index contributed by atoms with van der Waals surface area (Å²) in [6, 6.07) is 7.81. The molecule has 0 saturated heterocycles. The van der Waals surface area contributed by atoms with E-state index in [4.69, 9.17) is 17.3 Å². The van der Waals surface area contributed by atoms with Gasteiger partial charge in [-0.25, -0.2) is 4.98 Å². The third-order valence-electron chi connectivity index (χ3n) is 2.06. The van der Waals surface area contributed by atoms with Gasteiger partial charge in [-0.2, -0.15) is 0 Å². The van der Waals surface area contributed by atoms with Crippen molar-refractivity contribution < 1.29 is 4.92 Å². The van der Waals surface area contributed by atoms with Crippen LogP contribution in [0.5, 0.6) is 0 Å². The molecule has 92 valence electrons. The highest BCUT2D eigenvalue weighted by molar-refractivity contribution is 7.99. The van der Waals surface area contributed by atoms with Gasteiger partial charge in [0.15, 0.2) is 0 Å². The monoisotopic (exact) mass is 281 g/mol. The largest absolute Gasteiger partial charge is 0.398 e. The van der Waals surface area contributed by atoms with Gasteiger partial charge in [-0.15, -0.1) is 0 Å². The molecule has 0 amide bonds. The van der Waals surface area contributed by atoms with Gasteiger partial charge in [-0.3, -0.25) is 10.1 Å². The van der Waals surface area contributed by atoms with Crippen LogP contribution in [0.15, 0.2) is 46.5 Å². The predicted octanol–water partition coefficient (Wildman–Crippen LogP) is 3.38. The Morgan fingerprint density at radius 3 is 2.83 bits per heavy atom. The summed E-state index contributed by atoms with van der Waals surface area (Å²) >= 11 is 7.20. The summed E-state index contributed by atoms with van der Waals surface area (Å²) in [5.41, 5.74) is 5.90. The van der Waals surface area contributed by atoms with Crippen LogP contribution >= 0.6 is 23.4 Å². The van der Waals surface area contributed by atoms with E-state index in [1.165, 1.54) is 23.9 Å². The second kappa shape index (κ2) is 5.24. The zero-order chi connectivity index (χ0) is 13.1. The Kier molecular flexibility index (Phi) is 3.69. The Labute approximate surface area is 112 Å². The molecule has 2 aromatic rings. The van der Waals surface area contributed by atoms with Gasteiger partial charge in [0.25, 0.3) is 5.69 Å². The maximum Gasteiger partial charge on any atom is 0.272 e. The van der Waals surface area contributed by atoms with Gasteiger partial charge in [0.05, 0.1) is 9.95 Å². The normalized spacial score (nSPS) is 10.3. The molecule has 18 heavy (non-hydrogen) atoms. The summed E-state index contributed by atoms with van der Waals surface area (Å²) in [4.78, 5) is 15.0. The number of nitrogen functional groups attached to an aromatic ring is 1. The van der Waals surface area contributed by atoms with E-state index in [1.54, 1.807) is 24.4 Å². The molecular weight excluding hydrogens is 274 g/mol. The average molecular weight is 282 g/mol. The molecule has 0 aliphatic carbocycles. The number of pyridine rings is 1. The van der Waals surface area contributed by atoms with Gasteiger partial charge in [-0.1, -0.05) is 23.4 Å². The minimum absolute atomic E-state index is 0.0513. The highest BCUT2D eigenvalue weighted by atomic mass is 35.5. The van der Waals surface area contributed by atoms with E-state index in [0.29, 0.717) is 20.6 Å². The lowest BCUT2D eigenvalue weighted by molar-refractivity contribution is -0.385. The van der Waals surface area contributed by atoms with Crippen LogP contribution in [0.4, 0.5) is 11.4 Å². The van der Waals surface area contributed by atoms with Crippen LogP contribution in [-0.2, 0) is 0 Å². The second-order valence-electron chi connectivity index (χ2n) is 3.41. The number of nitro benzene ring substituents is 1. The highest BCUT2D eigenvalue weighted by Gasteiger charge is 2.11. The molecule has 0 unspecified atom stereocenters. The topological polar surface area (TPSA) is 82.0 Å². The molecule has 0 fully saturated rings. The number of rotatable bonds is 3. The molecule has 0 saturated carbocycles. The Bertz CT molecular complexity index is 607. The van der Waals surface area contributed by atoms with Gasteiger partial charge >= 0.3 is 0 Å². The van der Waals surface area contributed by atoms with Crippen molar-refractivity contribution in [2.24, 2.45) is 0 Å². The summed E-state index contributed by atoms with van der Waals surface area (Å²) in [7, 11) is 0. The SMILES string of the molecule is Nc1cc(Sc2ncccc2Cl)cc([N+](=O)[O-])c1.